The highest BCUT2D eigenvalue weighted by Crippen LogP contribution is 2.28. The molecule has 1 aromatic carbocycles. The number of rotatable bonds is 6. The second-order valence-electron chi connectivity index (χ2n) is 5.08. The SMILES string of the molecule is CNc1cc(-c2ccc(OC3CC3)cc2)nc(COC)n1. The zero-order chi connectivity index (χ0) is 14.7. The van der Waals surface area contributed by atoms with Crippen molar-refractivity contribution in [3.05, 3.63) is 36.2 Å². The van der Waals surface area contributed by atoms with Gasteiger partial charge in [-0.25, -0.2) is 9.97 Å². The molecular formula is C16H19N3O2. The van der Waals surface area contributed by atoms with E-state index in [1.54, 1.807) is 7.11 Å². The second-order valence-corrected chi connectivity index (χ2v) is 5.08. The van der Waals surface area contributed by atoms with Crippen molar-refractivity contribution in [3.63, 3.8) is 0 Å². The number of methoxy groups -OCH3 is 1. The number of nitrogens with one attached hydrogen (secondary N) is 1. The van der Waals surface area contributed by atoms with Gasteiger partial charge in [-0.1, -0.05) is 0 Å². The highest BCUT2D eigenvalue weighted by molar-refractivity contribution is 5.63. The van der Waals surface area contributed by atoms with Gasteiger partial charge in [0.05, 0.1) is 11.8 Å². The summed E-state index contributed by atoms with van der Waals surface area (Å²) >= 11 is 0. The van der Waals surface area contributed by atoms with Gasteiger partial charge in [0.15, 0.2) is 5.82 Å². The van der Waals surface area contributed by atoms with Crippen molar-refractivity contribution < 1.29 is 9.47 Å². The smallest absolute Gasteiger partial charge is 0.157 e. The summed E-state index contributed by atoms with van der Waals surface area (Å²) in [5.74, 6) is 2.37. The van der Waals surface area contributed by atoms with Crippen LogP contribution in [0.5, 0.6) is 5.75 Å². The molecule has 0 amide bonds. The molecule has 0 atom stereocenters. The number of hydrogen-bond acceptors (Lipinski definition) is 5. The number of anilines is 1. The Bertz CT molecular complexity index is 609. The quantitative estimate of drug-likeness (QED) is 0.884. The van der Waals surface area contributed by atoms with Gasteiger partial charge in [0, 0.05) is 25.8 Å². The van der Waals surface area contributed by atoms with Gasteiger partial charge in [-0.05, 0) is 37.1 Å². The van der Waals surface area contributed by atoms with Crippen LogP contribution in [0, 0.1) is 0 Å². The van der Waals surface area contributed by atoms with E-state index in [1.807, 2.05) is 37.4 Å². The average molecular weight is 285 g/mol. The molecule has 0 unspecified atom stereocenters. The Kier molecular flexibility index (Phi) is 4.01. The second kappa shape index (κ2) is 6.10. The summed E-state index contributed by atoms with van der Waals surface area (Å²) in [7, 11) is 3.48. The number of hydrogen-bond donors (Lipinski definition) is 1. The number of nitrogens with zero attached hydrogens (tertiary/aromatic N) is 2. The topological polar surface area (TPSA) is 56.3 Å². The largest absolute Gasteiger partial charge is 0.490 e. The average Bonchev–Trinajstić information content (AvgIpc) is 3.32. The highest BCUT2D eigenvalue weighted by atomic mass is 16.5. The predicted octanol–water partition coefficient (Wildman–Crippen LogP) is 2.87. The van der Waals surface area contributed by atoms with Crippen LogP contribution < -0.4 is 10.1 Å². The Hall–Kier alpha value is -2.14. The van der Waals surface area contributed by atoms with Gasteiger partial charge < -0.3 is 14.8 Å². The van der Waals surface area contributed by atoms with Crippen LogP contribution in [0.2, 0.25) is 0 Å². The van der Waals surface area contributed by atoms with E-state index >= 15 is 0 Å². The van der Waals surface area contributed by atoms with Gasteiger partial charge in [-0.2, -0.15) is 0 Å². The first kappa shape index (κ1) is 13.8. The van der Waals surface area contributed by atoms with Gasteiger partial charge in [0.2, 0.25) is 0 Å². The molecule has 1 heterocycles. The van der Waals surface area contributed by atoms with Crippen LogP contribution in [0.1, 0.15) is 18.7 Å². The molecule has 1 aliphatic carbocycles. The van der Waals surface area contributed by atoms with Crippen LogP contribution in [0.4, 0.5) is 5.82 Å². The minimum Gasteiger partial charge on any atom is -0.490 e. The molecule has 5 nitrogen and oxygen atoms in total. The molecule has 0 aliphatic heterocycles. The van der Waals surface area contributed by atoms with Crippen molar-refractivity contribution >= 4 is 5.82 Å². The Labute approximate surface area is 124 Å². The molecule has 0 spiro atoms. The number of benzene rings is 1. The third-order valence-electron chi connectivity index (χ3n) is 3.28. The van der Waals surface area contributed by atoms with Gasteiger partial charge in [0.1, 0.15) is 18.2 Å². The summed E-state index contributed by atoms with van der Waals surface area (Å²) < 4.78 is 10.9. The molecule has 0 bridgehead atoms. The van der Waals surface area contributed by atoms with Crippen LogP contribution >= 0.6 is 0 Å². The van der Waals surface area contributed by atoms with Crippen LogP contribution in [0.3, 0.4) is 0 Å². The van der Waals surface area contributed by atoms with E-state index in [-0.39, 0.29) is 0 Å². The number of aromatic nitrogens is 2. The fourth-order valence-corrected chi connectivity index (χ4v) is 2.05. The maximum atomic E-state index is 5.76. The third-order valence-corrected chi connectivity index (χ3v) is 3.28. The fraction of sp³-hybridized carbons (Fsp3) is 0.375. The van der Waals surface area contributed by atoms with E-state index in [9.17, 15) is 0 Å². The maximum Gasteiger partial charge on any atom is 0.157 e. The molecule has 1 aliphatic rings. The van der Waals surface area contributed by atoms with Crippen molar-refractivity contribution in [1.82, 2.24) is 9.97 Å². The molecule has 110 valence electrons. The van der Waals surface area contributed by atoms with E-state index in [0.29, 0.717) is 18.5 Å². The van der Waals surface area contributed by atoms with Crippen molar-refractivity contribution in [2.45, 2.75) is 25.6 Å². The standard InChI is InChI=1S/C16H19N3O2/c1-17-15-9-14(18-16(19-15)10-20-2)11-3-5-12(6-4-11)21-13-7-8-13/h3-6,9,13H,7-8,10H2,1-2H3,(H,17,18,19). The van der Waals surface area contributed by atoms with Crippen LogP contribution in [0.15, 0.2) is 30.3 Å². The Morgan fingerprint density at radius 3 is 2.57 bits per heavy atom. The summed E-state index contributed by atoms with van der Waals surface area (Å²) in [4.78, 5) is 8.89. The number of ether oxygens (including phenoxy) is 2. The molecule has 1 fully saturated rings. The molecule has 1 aromatic heterocycles. The van der Waals surface area contributed by atoms with Crippen LogP contribution in [-0.4, -0.2) is 30.2 Å². The summed E-state index contributed by atoms with van der Waals surface area (Å²) in [6.45, 7) is 0.394. The summed E-state index contributed by atoms with van der Waals surface area (Å²) in [6.07, 6.45) is 2.75. The maximum absolute atomic E-state index is 5.76. The van der Waals surface area contributed by atoms with Crippen molar-refractivity contribution in [1.29, 1.82) is 0 Å². The molecule has 1 saturated carbocycles. The van der Waals surface area contributed by atoms with Gasteiger partial charge in [0.25, 0.3) is 0 Å². The molecule has 0 radical (unpaired) electrons. The monoisotopic (exact) mass is 285 g/mol. The van der Waals surface area contributed by atoms with E-state index < -0.39 is 0 Å². The van der Waals surface area contributed by atoms with E-state index in [1.165, 1.54) is 12.8 Å². The zero-order valence-corrected chi connectivity index (χ0v) is 12.3. The lowest BCUT2D eigenvalue weighted by Crippen LogP contribution is -2.02. The zero-order valence-electron chi connectivity index (χ0n) is 12.3. The minimum atomic E-state index is 0.394. The summed E-state index contributed by atoms with van der Waals surface area (Å²) in [5.41, 5.74) is 1.91. The highest BCUT2D eigenvalue weighted by Gasteiger charge is 2.23. The van der Waals surface area contributed by atoms with E-state index in [0.717, 1.165) is 22.8 Å². The van der Waals surface area contributed by atoms with Crippen molar-refractivity contribution in [2.24, 2.45) is 0 Å². The van der Waals surface area contributed by atoms with Crippen molar-refractivity contribution in [2.75, 3.05) is 19.5 Å². The van der Waals surface area contributed by atoms with E-state index in [2.05, 4.69) is 15.3 Å². The summed E-state index contributed by atoms with van der Waals surface area (Å²) in [5, 5.41) is 3.05. The fourth-order valence-electron chi connectivity index (χ4n) is 2.05. The van der Waals surface area contributed by atoms with Gasteiger partial charge in [-0.3, -0.25) is 0 Å². The Balaban J connectivity index is 1.85. The minimum absolute atomic E-state index is 0.394. The lowest BCUT2D eigenvalue weighted by Gasteiger charge is -2.09. The summed E-state index contributed by atoms with van der Waals surface area (Å²) in [6, 6.07) is 9.96. The lowest BCUT2D eigenvalue weighted by atomic mass is 10.1. The molecular weight excluding hydrogens is 266 g/mol. The first-order valence-electron chi connectivity index (χ1n) is 7.10. The predicted molar refractivity (Wildman–Crippen MR) is 81.4 cm³/mol. The van der Waals surface area contributed by atoms with Crippen molar-refractivity contribution in [3.8, 4) is 17.0 Å². The molecule has 0 saturated heterocycles. The normalized spacial score (nSPS) is 14.0. The lowest BCUT2D eigenvalue weighted by molar-refractivity contribution is 0.178. The van der Waals surface area contributed by atoms with E-state index in [4.69, 9.17) is 9.47 Å². The van der Waals surface area contributed by atoms with Gasteiger partial charge >= 0.3 is 0 Å². The Morgan fingerprint density at radius 2 is 1.95 bits per heavy atom. The Morgan fingerprint density at radius 1 is 1.19 bits per heavy atom. The van der Waals surface area contributed by atoms with Crippen LogP contribution in [0.25, 0.3) is 11.3 Å². The van der Waals surface area contributed by atoms with Gasteiger partial charge in [-0.15, -0.1) is 0 Å². The molecule has 3 rings (SSSR count). The molecule has 21 heavy (non-hydrogen) atoms. The first-order valence-corrected chi connectivity index (χ1v) is 7.10. The molecule has 2 aromatic rings. The first-order chi connectivity index (χ1) is 10.3. The molecule has 5 heteroatoms. The van der Waals surface area contributed by atoms with Crippen LogP contribution in [-0.2, 0) is 11.3 Å². The molecule has 1 N–H and O–H groups in total. The third kappa shape index (κ3) is 3.49.